The predicted octanol–water partition coefficient (Wildman–Crippen LogP) is 4.17. The van der Waals surface area contributed by atoms with Crippen molar-refractivity contribution in [1.29, 1.82) is 5.26 Å². The molecule has 1 aliphatic carbocycles. The zero-order valence-electron chi connectivity index (χ0n) is 12.1. The molecule has 114 valence electrons. The van der Waals surface area contributed by atoms with E-state index >= 15 is 0 Å². The fraction of sp³-hybridized carbons (Fsp3) is 0.438. The molecule has 1 heterocycles. The van der Waals surface area contributed by atoms with Gasteiger partial charge in [0.25, 0.3) is 5.56 Å². The monoisotopic (exact) mass is 333 g/mol. The van der Waals surface area contributed by atoms with Crippen LogP contribution in [0, 0.1) is 11.3 Å². The molecule has 6 heteroatoms. The quantitative estimate of drug-likeness (QED) is 0.624. The minimum absolute atomic E-state index is 0.0194. The third-order valence-corrected chi connectivity index (χ3v) is 5.09. The highest BCUT2D eigenvalue weighted by Gasteiger charge is 2.21. The fourth-order valence-electron chi connectivity index (χ4n) is 3.01. The van der Waals surface area contributed by atoms with Crippen LogP contribution < -0.4 is 5.56 Å². The lowest BCUT2D eigenvalue weighted by molar-refractivity contribution is 0.326. The molecule has 0 N–H and O–H groups in total. The molecule has 1 aliphatic rings. The molecule has 0 aliphatic heterocycles. The van der Waals surface area contributed by atoms with E-state index in [0.29, 0.717) is 21.1 Å². The van der Waals surface area contributed by atoms with Gasteiger partial charge in [0.1, 0.15) is 0 Å². The number of thioether (sulfide) groups is 1. The summed E-state index contributed by atoms with van der Waals surface area (Å²) in [7, 11) is 0. The number of aromatic nitrogens is 2. The topological polar surface area (TPSA) is 58.7 Å². The van der Waals surface area contributed by atoms with Crippen LogP contribution in [-0.4, -0.2) is 15.3 Å². The van der Waals surface area contributed by atoms with Crippen LogP contribution in [0.4, 0.5) is 0 Å². The fourth-order valence-corrected chi connectivity index (χ4v) is 3.91. The molecule has 0 spiro atoms. The highest BCUT2D eigenvalue weighted by Crippen LogP contribution is 2.31. The third-order valence-electron chi connectivity index (χ3n) is 4.04. The van der Waals surface area contributed by atoms with Crippen molar-refractivity contribution in [2.75, 3.05) is 5.75 Å². The van der Waals surface area contributed by atoms with E-state index in [-0.39, 0.29) is 17.4 Å². The summed E-state index contributed by atoms with van der Waals surface area (Å²) < 4.78 is 1.80. The van der Waals surface area contributed by atoms with Crippen LogP contribution in [-0.2, 0) is 0 Å². The number of fused-ring (bicyclic) bond motifs is 1. The molecule has 0 amide bonds. The lowest BCUT2D eigenvalue weighted by atomic mass is 9.95. The van der Waals surface area contributed by atoms with Crippen molar-refractivity contribution >= 4 is 34.3 Å². The molecule has 1 aromatic heterocycles. The second kappa shape index (κ2) is 6.72. The molecule has 3 rings (SSSR count). The number of nitriles is 1. The lowest BCUT2D eigenvalue weighted by Gasteiger charge is -2.26. The number of nitrogens with zero attached hydrogens (tertiary/aromatic N) is 3. The Kier molecular flexibility index (Phi) is 4.70. The Morgan fingerprint density at radius 1 is 1.36 bits per heavy atom. The number of hydrogen-bond acceptors (Lipinski definition) is 4. The Balaban J connectivity index is 2.17. The van der Waals surface area contributed by atoms with Gasteiger partial charge in [-0.15, -0.1) is 0 Å². The Bertz CT molecular complexity index is 790. The van der Waals surface area contributed by atoms with E-state index in [9.17, 15) is 4.79 Å². The SMILES string of the molecule is N#CCSc1nc2cc(Cl)ccc2c(=O)n1C1CCCCC1. The summed E-state index contributed by atoms with van der Waals surface area (Å²) in [6.07, 6.45) is 5.50. The van der Waals surface area contributed by atoms with E-state index in [1.165, 1.54) is 18.2 Å². The van der Waals surface area contributed by atoms with Gasteiger partial charge in [-0.3, -0.25) is 9.36 Å². The van der Waals surface area contributed by atoms with Gasteiger partial charge in [-0.05, 0) is 31.0 Å². The summed E-state index contributed by atoms with van der Waals surface area (Å²) in [6.45, 7) is 0. The van der Waals surface area contributed by atoms with E-state index in [4.69, 9.17) is 16.9 Å². The van der Waals surface area contributed by atoms with Crippen LogP contribution in [0.5, 0.6) is 0 Å². The van der Waals surface area contributed by atoms with Gasteiger partial charge in [0.05, 0.1) is 22.7 Å². The van der Waals surface area contributed by atoms with E-state index < -0.39 is 0 Å². The van der Waals surface area contributed by atoms with E-state index in [2.05, 4.69) is 11.1 Å². The molecule has 0 atom stereocenters. The first-order valence-electron chi connectivity index (χ1n) is 7.42. The van der Waals surface area contributed by atoms with E-state index in [1.807, 2.05) is 0 Å². The molecule has 1 aromatic carbocycles. The molecule has 0 radical (unpaired) electrons. The maximum atomic E-state index is 12.9. The van der Waals surface area contributed by atoms with Crippen molar-refractivity contribution in [2.24, 2.45) is 0 Å². The van der Waals surface area contributed by atoms with Crippen molar-refractivity contribution < 1.29 is 0 Å². The first kappa shape index (κ1) is 15.4. The van der Waals surface area contributed by atoms with Gasteiger partial charge in [0, 0.05) is 11.1 Å². The Hall–Kier alpha value is -1.51. The van der Waals surface area contributed by atoms with Crippen LogP contribution in [0.2, 0.25) is 5.02 Å². The predicted molar refractivity (Wildman–Crippen MR) is 89.5 cm³/mol. The van der Waals surface area contributed by atoms with Crippen molar-refractivity contribution in [3.63, 3.8) is 0 Å². The second-order valence-electron chi connectivity index (χ2n) is 5.47. The first-order chi connectivity index (χ1) is 10.7. The lowest BCUT2D eigenvalue weighted by Crippen LogP contribution is -2.29. The van der Waals surface area contributed by atoms with Crippen LogP contribution in [0.1, 0.15) is 38.1 Å². The van der Waals surface area contributed by atoms with Crippen LogP contribution in [0.3, 0.4) is 0 Å². The normalized spacial score (nSPS) is 15.8. The zero-order valence-corrected chi connectivity index (χ0v) is 13.7. The summed E-state index contributed by atoms with van der Waals surface area (Å²) in [4.78, 5) is 17.5. The Labute approximate surface area is 138 Å². The summed E-state index contributed by atoms with van der Waals surface area (Å²) in [5, 5.41) is 10.6. The molecule has 2 aromatic rings. The highest BCUT2D eigenvalue weighted by molar-refractivity contribution is 7.99. The van der Waals surface area contributed by atoms with Gasteiger partial charge in [-0.2, -0.15) is 5.26 Å². The minimum atomic E-state index is -0.0194. The van der Waals surface area contributed by atoms with Crippen molar-refractivity contribution in [3.8, 4) is 6.07 Å². The molecule has 0 saturated heterocycles. The minimum Gasteiger partial charge on any atom is -0.284 e. The smallest absolute Gasteiger partial charge is 0.262 e. The second-order valence-corrected chi connectivity index (χ2v) is 6.85. The maximum Gasteiger partial charge on any atom is 0.262 e. The van der Waals surface area contributed by atoms with Crippen molar-refractivity contribution in [2.45, 2.75) is 43.3 Å². The average Bonchev–Trinajstić information content (AvgIpc) is 2.53. The molecule has 0 bridgehead atoms. The zero-order chi connectivity index (χ0) is 15.5. The van der Waals surface area contributed by atoms with E-state index in [1.54, 1.807) is 22.8 Å². The molecule has 0 unspecified atom stereocenters. The molecule has 4 nitrogen and oxygen atoms in total. The molecule has 1 saturated carbocycles. The number of halogens is 1. The molecule has 1 fully saturated rings. The molecular formula is C16H16ClN3OS. The largest absolute Gasteiger partial charge is 0.284 e. The Morgan fingerprint density at radius 2 is 2.14 bits per heavy atom. The molecular weight excluding hydrogens is 318 g/mol. The number of benzene rings is 1. The van der Waals surface area contributed by atoms with Crippen molar-refractivity contribution in [3.05, 3.63) is 33.6 Å². The van der Waals surface area contributed by atoms with Gasteiger partial charge in [0.15, 0.2) is 5.16 Å². The van der Waals surface area contributed by atoms with Gasteiger partial charge >= 0.3 is 0 Å². The summed E-state index contributed by atoms with van der Waals surface area (Å²) >= 11 is 7.33. The third kappa shape index (κ3) is 2.99. The van der Waals surface area contributed by atoms with Gasteiger partial charge in [-0.25, -0.2) is 4.98 Å². The maximum absolute atomic E-state index is 12.9. The number of hydrogen-bond donors (Lipinski definition) is 0. The number of rotatable bonds is 3. The van der Waals surface area contributed by atoms with Gasteiger partial charge in [-0.1, -0.05) is 42.6 Å². The highest BCUT2D eigenvalue weighted by atomic mass is 35.5. The summed E-state index contributed by atoms with van der Waals surface area (Å²) in [5.41, 5.74) is 0.582. The van der Waals surface area contributed by atoms with Crippen molar-refractivity contribution in [1.82, 2.24) is 9.55 Å². The Morgan fingerprint density at radius 3 is 2.86 bits per heavy atom. The van der Waals surface area contributed by atoms with Crippen LogP contribution in [0.15, 0.2) is 28.2 Å². The summed E-state index contributed by atoms with van der Waals surface area (Å²) in [5.74, 6) is 0.283. The van der Waals surface area contributed by atoms with E-state index in [0.717, 1.165) is 25.7 Å². The standard InChI is InChI=1S/C16H16ClN3OS/c17-11-6-7-13-14(10-11)19-16(22-9-8-18)20(15(13)21)12-4-2-1-3-5-12/h6-7,10,12H,1-5,9H2. The van der Waals surface area contributed by atoms with Crippen LogP contribution >= 0.6 is 23.4 Å². The van der Waals surface area contributed by atoms with Gasteiger partial charge in [0.2, 0.25) is 0 Å². The molecule has 22 heavy (non-hydrogen) atoms. The van der Waals surface area contributed by atoms with Gasteiger partial charge < -0.3 is 0 Å². The summed E-state index contributed by atoms with van der Waals surface area (Å²) in [6, 6.07) is 7.47. The first-order valence-corrected chi connectivity index (χ1v) is 8.78. The van der Waals surface area contributed by atoms with Crippen LogP contribution in [0.25, 0.3) is 10.9 Å². The average molecular weight is 334 g/mol.